The number of Topliss-reactive ketones (excluding diaryl/α,β-unsaturated/α-hetero) is 1. The van der Waals surface area contributed by atoms with E-state index in [4.69, 9.17) is 0 Å². The van der Waals surface area contributed by atoms with Crippen molar-refractivity contribution in [3.8, 4) is 0 Å². The van der Waals surface area contributed by atoms with Gasteiger partial charge in [-0.1, -0.05) is 60.7 Å². The number of rotatable bonds is 3. The van der Waals surface area contributed by atoms with Crippen molar-refractivity contribution in [1.82, 2.24) is 4.90 Å². The first-order valence-electron chi connectivity index (χ1n) is 7.20. The van der Waals surface area contributed by atoms with Gasteiger partial charge in [0.1, 0.15) is 12.1 Å². The summed E-state index contributed by atoms with van der Waals surface area (Å²) in [6.07, 6.45) is -1.19. The molecule has 1 fully saturated rings. The lowest BCUT2D eigenvalue weighted by Crippen LogP contribution is -2.38. The Morgan fingerprint density at radius 1 is 1.00 bits per heavy atom. The van der Waals surface area contributed by atoms with E-state index in [1.165, 1.54) is 4.90 Å². The maximum absolute atomic E-state index is 12.8. The van der Waals surface area contributed by atoms with E-state index in [-0.39, 0.29) is 5.78 Å². The molecule has 4 nitrogen and oxygen atoms in total. The van der Waals surface area contributed by atoms with Crippen molar-refractivity contribution in [2.45, 2.75) is 18.1 Å². The second-order valence-electron chi connectivity index (χ2n) is 5.51. The fourth-order valence-corrected chi connectivity index (χ4v) is 3.06. The first-order valence-corrected chi connectivity index (χ1v) is 7.20. The third kappa shape index (κ3) is 2.31. The van der Waals surface area contributed by atoms with Crippen molar-refractivity contribution >= 4 is 11.7 Å². The second kappa shape index (κ2) is 5.73. The molecule has 112 valence electrons. The van der Waals surface area contributed by atoms with Gasteiger partial charge in [-0.25, -0.2) is 0 Å². The number of amides is 1. The summed E-state index contributed by atoms with van der Waals surface area (Å²) in [6, 6.07) is 17.4. The van der Waals surface area contributed by atoms with Crippen molar-refractivity contribution in [2.24, 2.45) is 0 Å². The largest absolute Gasteiger partial charge is 0.383 e. The smallest absolute Gasteiger partial charge is 0.252 e. The molecule has 0 spiro atoms. The van der Waals surface area contributed by atoms with E-state index in [1.807, 2.05) is 36.4 Å². The number of benzene rings is 2. The van der Waals surface area contributed by atoms with E-state index in [9.17, 15) is 14.7 Å². The van der Waals surface area contributed by atoms with Crippen LogP contribution >= 0.6 is 0 Å². The number of ketones is 1. The van der Waals surface area contributed by atoms with Crippen LogP contribution in [0.15, 0.2) is 60.7 Å². The fraction of sp³-hybridized carbons (Fsp3) is 0.222. The number of hydrogen-bond donors (Lipinski definition) is 1. The van der Waals surface area contributed by atoms with Crippen LogP contribution in [0.25, 0.3) is 0 Å². The molecule has 3 rings (SSSR count). The highest BCUT2D eigenvalue weighted by atomic mass is 16.3. The molecule has 2 unspecified atom stereocenters. The lowest BCUT2D eigenvalue weighted by atomic mass is 9.86. The summed E-state index contributed by atoms with van der Waals surface area (Å²) in [4.78, 5) is 26.3. The zero-order valence-corrected chi connectivity index (χ0v) is 12.2. The molecule has 1 aliphatic rings. The zero-order valence-electron chi connectivity index (χ0n) is 12.2. The summed E-state index contributed by atoms with van der Waals surface area (Å²) in [7, 11) is 1.57. The molecule has 1 saturated heterocycles. The molecule has 0 aromatic heterocycles. The summed E-state index contributed by atoms with van der Waals surface area (Å²) in [6.45, 7) is 0. The third-order valence-corrected chi connectivity index (χ3v) is 4.21. The number of nitrogens with zero attached hydrogens (tertiary/aromatic N) is 1. The highest BCUT2D eigenvalue weighted by Crippen LogP contribution is 2.35. The number of carbonyl (C=O) groups excluding carboxylic acids is 2. The van der Waals surface area contributed by atoms with E-state index in [2.05, 4.69) is 0 Å². The van der Waals surface area contributed by atoms with Crippen LogP contribution in [-0.2, 0) is 4.79 Å². The molecule has 1 aliphatic heterocycles. The summed E-state index contributed by atoms with van der Waals surface area (Å²) >= 11 is 0. The molecular formula is C18H17NO3. The molecule has 0 radical (unpaired) electrons. The van der Waals surface area contributed by atoms with Gasteiger partial charge in [0.05, 0.1) is 0 Å². The quantitative estimate of drug-likeness (QED) is 0.879. The minimum absolute atomic E-state index is 0.151. The predicted octanol–water partition coefficient (Wildman–Crippen LogP) is 1.85. The Bertz CT molecular complexity index is 684. The molecule has 2 aromatic rings. The Morgan fingerprint density at radius 3 is 2.14 bits per heavy atom. The number of aliphatic hydroxyl groups excluding tert-OH is 1. The Kier molecular flexibility index (Phi) is 3.77. The van der Waals surface area contributed by atoms with Gasteiger partial charge in [-0.2, -0.15) is 0 Å². The molecule has 1 amide bonds. The van der Waals surface area contributed by atoms with Crippen LogP contribution in [0.3, 0.4) is 0 Å². The van der Waals surface area contributed by atoms with Crippen molar-refractivity contribution < 1.29 is 14.7 Å². The molecule has 0 bridgehead atoms. The Hall–Kier alpha value is -2.46. The Morgan fingerprint density at radius 2 is 1.55 bits per heavy atom. The zero-order chi connectivity index (χ0) is 15.7. The summed E-state index contributed by atoms with van der Waals surface area (Å²) in [5.74, 6) is -1.11. The van der Waals surface area contributed by atoms with Crippen LogP contribution in [0.4, 0.5) is 0 Å². The van der Waals surface area contributed by atoms with Crippen molar-refractivity contribution in [3.05, 3.63) is 71.8 Å². The van der Waals surface area contributed by atoms with Gasteiger partial charge in [-0.05, 0) is 5.56 Å². The minimum atomic E-state index is -1.19. The van der Waals surface area contributed by atoms with Crippen LogP contribution in [0, 0.1) is 0 Å². The highest BCUT2D eigenvalue weighted by molar-refractivity contribution is 6.05. The first kappa shape index (κ1) is 14.5. The first-order chi connectivity index (χ1) is 10.6. The number of likely N-dealkylation sites (tertiary alicyclic amines) is 1. The number of hydrogen-bond acceptors (Lipinski definition) is 3. The van der Waals surface area contributed by atoms with E-state index in [0.717, 1.165) is 5.56 Å². The van der Waals surface area contributed by atoms with Gasteiger partial charge < -0.3 is 10.0 Å². The molecule has 0 saturated carbocycles. The van der Waals surface area contributed by atoms with Gasteiger partial charge in [0.25, 0.3) is 5.91 Å². The standard InChI is InChI=1S/C18H17NO3/c1-19-15(16(20)13-10-6-3-7-11-13)14(17(21)18(19)22)12-8-4-2-5-9-12/h2-11,14-15,17,21H,1H3/t14?,15-,17?/m0/s1. The van der Waals surface area contributed by atoms with E-state index in [0.29, 0.717) is 5.56 Å². The van der Waals surface area contributed by atoms with E-state index < -0.39 is 24.0 Å². The molecule has 2 aromatic carbocycles. The fourth-order valence-electron chi connectivity index (χ4n) is 3.06. The normalized spacial score (nSPS) is 24.5. The van der Waals surface area contributed by atoms with E-state index >= 15 is 0 Å². The monoisotopic (exact) mass is 295 g/mol. The van der Waals surface area contributed by atoms with Gasteiger partial charge in [-0.15, -0.1) is 0 Å². The van der Waals surface area contributed by atoms with Crippen LogP contribution < -0.4 is 0 Å². The van der Waals surface area contributed by atoms with Crippen LogP contribution in [0.1, 0.15) is 21.8 Å². The Labute approximate surface area is 129 Å². The van der Waals surface area contributed by atoms with Crippen molar-refractivity contribution in [2.75, 3.05) is 7.05 Å². The molecule has 1 N–H and O–H groups in total. The van der Waals surface area contributed by atoms with E-state index in [1.54, 1.807) is 31.3 Å². The maximum Gasteiger partial charge on any atom is 0.252 e. The lowest BCUT2D eigenvalue weighted by molar-refractivity contribution is -0.134. The summed E-state index contributed by atoms with van der Waals surface area (Å²) in [5, 5.41) is 10.3. The molecule has 3 atom stereocenters. The highest BCUT2D eigenvalue weighted by Gasteiger charge is 2.49. The average Bonchev–Trinajstić information content (AvgIpc) is 2.80. The maximum atomic E-state index is 12.8. The van der Waals surface area contributed by atoms with Crippen LogP contribution in [0.2, 0.25) is 0 Å². The van der Waals surface area contributed by atoms with Gasteiger partial charge >= 0.3 is 0 Å². The topological polar surface area (TPSA) is 57.6 Å². The molecule has 0 aliphatic carbocycles. The molecule has 22 heavy (non-hydrogen) atoms. The number of likely N-dealkylation sites (N-methyl/N-ethyl adjacent to an activating group) is 1. The predicted molar refractivity (Wildman–Crippen MR) is 82.5 cm³/mol. The minimum Gasteiger partial charge on any atom is -0.383 e. The molecular weight excluding hydrogens is 278 g/mol. The lowest BCUT2D eigenvalue weighted by Gasteiger charge is -2.24. The average molecular weight is 295 g/mol. The SMILES string of the molecule is CN1C(=O)C(O)C(c2ccccc2)[C@H]1C(=O)c1ccccc1. The van der Waals surface area contributed by atoms with Crippen molar-refractivity contribution in [3.63, 3.8) is 0 Å². The van der Waals surface area contributed by atoms with Crippen LogP contribution in [-0.4, -0.2) is 40.9 Å². The number of carbonyl (C=O) groups is 2. The van der Waals surface area contributed by atoms with Gasteiger partial charge in [-0.3, -0.25) is 9.59 Å². The second-order valence-corrected chi connectivity index (χ2v) is 5.51. The van der Waals surface area contributed by atoms with Gasteiger partial charge in [0.15, 0.2) is 5.78 Å². The Balaban J connectivity index is 2.03. The summed E-state index contributed by atoms with van der Waals surface area (Å²) in [5.41, 5.74) is 1.34. The summed E-state index contributed by atoms with van der Waals surface area (Å²) < 4.78 is 0. The van der Waals surface area contributed by atoms with Crippen molar-refractivity contribution in [1.29, 1.82) is 0 Å². The van der Waals surface area contributed by atoms with Gasteiger partial charge in [0, 0.05) is 18.5 Å². The van der Waals surface area contributed by atoms with Gasteiger partial charge in [0.2, 0.25) is 0 Å². The van der Waals surface area contributed by atoms with Crippen LogP contribution in [0.5, 0.6) is 0 Å². The third-order valence-electron chi connectivity index (χ3n) is 4.21. The number of aliphatic hydroxyl groups is 1. The molecule has 1 heterocycles. The molecule has 4 heteroatoms.